The molecule has 134 valence electrons. The first-order chi connectivity index (χ1) is 11.9. The zero-order chi connectivity index (χ0) is 18.6. The Balaban J connectivity index is 2.41. The molecule has 4 N–H and O–H groups in total. The van der Waals surface area contributed by atoms with Gasteiger partial charge in [-0.2, -0.15) is 0 Å². The van der Waals surface area contributed by atoms with Gasteiger partial charge >= 0.3 is 0 Å². The van der Waals surface area contributed by atoms with Crippen LogP contribution in [-0.2, 0) is 0 Å². The number of aliphatic hydroxyl groups is 3. The van der Waals surface area contributed by atoms with Gasteiger partial charge in [-0.3, -0.25) is 25.0 Å². The van der Waals surface area contributed by atoms with Crippen LogP contribution in [-0.4, -0.2) is 61.6 Å². The lowest BCUT2D eigenvalue weighted by molar-refractivity contribution is -0.384. The number of hydrogen-bond donors (Lipinski definition) is 4. The third kappa shape index (κ3) is 3.65. The van der Waals surface area contributed by atoms with E-state index in [2.05, 4.69) is 10.1 Å². The summed E-state index contributed by atoms with van der Waals surface area (Å²) < 4.78 is 1.19. The van der Waals surface area contributed by atoms with Gasteiger partial charge in [-0.05, 0) is 19.1 Å². The Kier molecular flexibility index (Phi) is 5.47. The zero-order valence-electron chi connectivity index (χ0n) is 13.4. The van der Waals surface area contributed by atoms with Crippen LogP contribution in [0.2, 0.25) is 0 Å². The smallest absolute Gasteiger partial charge is 0.280 e. The lowest BCUT2D eigenvalue weighted by atomic mass is 10.1. The number of nitro benzene ring substituents is 1. The second-order valence-electron chi connectivity index (χ2n) is 5.52. The number of aliphatic imine (C=N–C) groups is 1. The molecule has 0 aliphatic rings. The molecule has 2 rings (SSSR count). The lowest BCUT2D eigenvalue weighted by Crippen LogP contribution is -2.40. The minimum atomic E-state index is -1.48. The van der Waals surface area contributed by atoms with E-state index in [1.165, 1.54) is 35.2 Å². The number of non-ortho nitro benzene ring substituents is 1. The maximum Gasteiger partial charge on any atom is 0.280 e. The van der Waals surface area contributed by atoms with Crippen molar-refractivity contribution in [2.24, 2.45) is 4.99 Å². The maximum atomic E-state index is 12.5. The molecule has 0 unspecified atom stereocenters. The van der Waals surface area contributed by atoms with Crippen LogP contribution in [0.5, 0.6) is 0 Å². The molecule has 0 fully saturated rings. The van der Waals surface area contributed by atoms with Crippen molar-refractivity contribution in [3.8, 4) is 5.69 Å². The van der Waals surface area contributed by atoms with E-state index in [1.54, 1.807) is 6.92 Å². The molecule has 0 radical (unpaired) electrons. The Labute approximate surface area is 141 Å². The van der Waals surface area contributed by atoms with Crippen molar-refractivity contribution in [2.75, 3.05) is 19.8 Å². The van der Waals surface area contributed by atoms with Crippen LogP contribution < -0.4 is 5.56 Å². The van der Waals surface area contributed by atoms with Gasteiger partial charge in [-0.25, -0.2) is 4.68 Å². The second-order valence-corrected chi connectivity index (χ2v) is 5.52. The number of aromatic nitrogens is 2. The first-order valence-corrected chi connectivity index (χ1v) is 7.31. The molecule has 10 nitrogen and oxygen atoms in total. The normalized spacial score (nSPS) is 12.0. The molecule has 0 aliphatic heterocycles. The van der Waals surface area contributed by atoms with Crippen molar-refractivity contribution in [2.45, 2.75) is 12.5 Å². The fraction of sp³-hybridized carbons (Fsp3) is 0.333. The Bertz CT molecular complexity index is 824. The summed E-state index contributed by atoms with van der Waals surface area (Å²) in [5, 5.41) is 41.3. The molecular weight excluding hydrogens is 332 g/mol. The summed E-state index contributed by atoms with van der Waals surface area (Å²) in [5.74, 6) is 0. The highest BCUT2D eigenvalue weighted by Crippen LogP contribution is 2.14. The van der Waals surface area contributed by atoms with Gasteiger partial charge in [0, 0.05) is 24.0 Å². The highest BCUT2D eigenvalue weighted by molar-refractivity contribution is 5.81. The van der Waals surface area contributed by atoms with Crippen molar-refractivity contribution in [3.63, 3.8) is 0 Å². The molecule has 0 spiro atoms. The number of hydrogen-bond acceptors (Lipinski definition) is 7. The molecule has 1 aromatic carbocycles. The van der Waals surface area contributed by atoms with E-state index in [0.29, 0.717) is 11.4 Å². The van der Waals surface area contributed by atoms with Crippen molar-refractivity contribution >= 4 is 11.9 Å². The van der Waals surface area contributed by atoms with Gasteiger partial charge < -0.3 is 15.3 Å². The van der Waals surface area contributed by atoms with E-state index < -0.39 is 35.8 Å². The highest BCUT2D eigenvalue weighted by Gasteiger charge is 2.26. The topological polar surface area (TPSA) is 154 Å². The third-order valence-corrected chi connectivity index (χ3v) is 3.79. The van der Waals surface area contributed by atoms with E-state index in [1.807, 2.05) is 0 Å². The van der Waals surface area contributed by atoms with Crippen LogP contribution >= 0.6 is 0 Å². The molecule has 1 aromatic heterocycles. The van der Waals surface area contributed by atoms with E-state index in [9.17, 15) is 30.2 Å². The summed E-state index contributed by atoms with van der Waals surface area (Å²) >= 11 is 0. The molecule has 25 heavy (non-hydrogen) atoms. The summed E-state index contributed by atoms with van der Waals surface area (Å²) in [7, 11) is 0. The minimum Gasteiger partial charge on any atom is -0.394 e. The van der Waals surface area contributed by atoms with E-state index in [0.717, 1.165) is 0 Å². The Morgan fingerprint density at radius 2 is 1.80 bits per heavy atom. The molecule has 0 atom stereocenters. The van der Waals surface area contributed by atoms with Crippen molar-refractivity contribution in [1.29, 1.82) is 0 Å². The summed E-state index contributed by atoms with van der Waals surface area (Å²) in [6.45, 7) is -0.132. The number of benzene rings is 1. The number of nitro groups is 1. The molecule has 1 heterocycles. The van der Waals surface area contributed by atoms with Gasteiger partial charge in [0.05, 0.1) is 36.0 Å². The minimum absolute atomic E-state index is 0.0968. The molecule has 2 aromatic rings. The highest BCUT2D eigenvalue weighted by atomic mass is 16.6. The Hall–Kier alpha value is -2.82. The van der Waals surface area contributed by atoms with Gasteiger partial charge in [-0.1, -0.05) is 0 Å². The van der Waals surface area contributed by atoms with Gasteiger partial charge in [0.25, 0.3) is 11.2 Å². The molecule has 0 saturated heterocycles. The maximum absolute atomic E-state index is 12.5. The quantitative estimate of drug-likeness (QED) is 0.300. The Morgan fingerprint density at radius 1 is 1.24 bits per heavy atom. The fourth-order valence-corrected chi connectivity index (χ4v) is 2.09. The van der Waals surface area contributed by atoms with Gasteiger partial charge in [-0.15, -0.1) is 0 Å². The van der Waals surface area contributed by atoms with E-state index >= 15 is 0 Å². The zero-order valence-corrected chi connectivity index (χ0v) is 13.4. The van der Waals surface area contributed by atoms with Gasteiger partial charge in [0.2, 0.25) is 0 Å². The van der Waals surface area contributed by atoms with Crippen LogP contribution in [0.25, 0.3) is 5.69 Å². The summed E-state index contributed by atoms with van der Waals surface area (Å²) in [6, 6.07) is 5.41. The summed E-state index contributed by atoms with van der Waals surface area (Å²) in [6.07, 6.45) is 1.18. The van der Waals surface area contributed by atoms with Crippen LogP contribution in [0.1, 0.15) is 11.3 Å². The van der Waals surface area contributed by atoms with Crippen LogP contribution in [0, 0.1) is 17.0 Å². The monoisotopic (exact) mass is 350 g/mol. The first-order valence-electron chi connectivity index (χ1n) is 7.31. The molecular formula is C15H18N4O6. The van der Waals surface area contributed by atoms with Crippen LogP contribution in [0.4, 0.5) is 5.69 Å². The standard InChI is InChI=1S/C15H18N4O6/c1-10-13(6-16-15(7-20,8-21)9-22)14(23)18(17-10)11-2-4-12(5-3-11)19(24)25/h2-6,17,20-22H,7-9H2,1H3. The number of nitrogens with zero attached hydrogens (tertiary/aromatic N) is 3. The summed E-state index contributed by atoms with van der Waals surface area (Å²) in [5.41, 5.74) is -0.990. The fourth-order valence-electron chi connectivity index (χ4n) is 2.09. The summed E-state index contributed by atoms with van der Waals surface area (Å²) in [4.78, 5) is 26.6. The van der Waals surface area contributed by atoms with Gasteiger partial charge in [0.15, 0.2) is 0 Å². The lowest BCUT2D eigenvalue weighted by Gasteiger charge is -2.21. The van der Waals surface area contributed by atoms with Crippen molar-refractivity contribution in [1.82, 2.24) is 9.78 Å². The number of aryl methyl sites for hydroxylation is 1. The molecule has 0 bridgehead atoms. The van der Waals surface area contributed by atoms with Crippen molar-refractivity contribution < 1.29 is 20.2 Å². The number of aliphatic hydroxyl groups excluding tert-OH is 3. The number of nitrogens with one attached hydrogen (secondary N) is 1. The second kappa shape index (κ2) is 7.38. The number of rotatable bonds is 7. The molecule has 0 aliphatic carbocycles. The average molecular weight is 350 g/mol. The first kappa shape index (κ1) is 18.5. The predicted molar refractivity (Wildman–Crippen MR) is 89.4 cm³/mol. The van der Waals surface area contributed by atoms with E-state index in [-0.39, 0.29) is 11.3 Å². The third-order valence-electron chi connectivity index (χ3n) is 3.79. The van der Waals surface area contributed by atoms with E-state index in [4.69, 9.17) is 0 Å². The number of aromatic amines is 1. The van der Waals surface area contributed by atoms with Crippen molar-refractivity contribution in [3.05, 3.63) is 56.0 Å². The largest absolute Gasteiger partial charge is 0.394 e. The SMILES string of the molecule is Cc1[nH]n(-c2ccc([N+](=O)[O-])cc2)c(=O)c1C=NC(CO)(CO)CO. The molecule has 0 saturated carbocycles. The molecule has 0 amide bonds. The van der Waals surface area contributed by atoms with Crippen LogP contribution in [0.15, 0.2) is 34.1 Å². The predicted octanol–water partition coefficient (Wildman–Crippen LogP) is -0.483. The van der Waals surface area contributed by atoms with Gasteiger partial charge in [0.1, 0.15) is 5.54 Å². The molecule has 10 heteroatoms. The Morgan fingerprint density at radius 3 is 2.28 bits per heavy atom. The number of H-pyrrole nitrogens is 1. The average Bonchev–Trinajstić information content (AvgIpc) is 2.91. The van der Waals surface area contributed by atoms with Crippen LogP contribution in [0.3, 0.4) is 0 Å².